The van der Waals surface area contributed by atoms with E-state index in [0.29, 0.717) is 12.2 Å². The molecule has 2 heterocycles. The maximum Gasteiger partial charge on any atom is 0.270 e. The van der Waals surface area contributed by atoms with Crippen LogP contribution >= 0.6 is 0 Å². The van der Waals surface area contributed by atoms with E-state index in [1.54, 1.807) is 4.90 Å². The maximum atomic E-state index is 12.8. The molecule has 4 aromatic rings. The van der Waals surface area contributed by atoms with Gasteiger partial charge in [-0.2, -0.15) is 0 Å². The fourth-order valence-electron chi connectivity index (χ4n) is 3.69. The average molecular weight is 387 g/mol. The van der Waals surface area contributed by atoms with Gasteiger partial charge in [0.2, 0.25) is 0 Å². The zero-order chi connectivity index (χ0) is 20.4. The topological polar surface area (TPSA) is 62.1 Å². The molecule has 0 saturated carbocycles. The first-order chi connectivity index (χ1) is 14.0. The minimum absolute atomic E-state index is 0.000738. The van der Waals surface area contributed by atoms with Crippen LogP contribution in [-0.4, -0.2) is 34.5 Å². The van der Waals surface area contributed by atoms with Crippen molar-refractivity contribution in [1.82, 2.24) is 15.0 Å². The molecule has 0 atom stereocenters. The normalized spacial score (nSPS) is 11.1. The number of H-pyrrole nitrogens is 1. The lowest BCUT2D eigenvalue weighted by atomic mass is 10.1. The molecule has 0 saturated heterocycles. The van der Waals surface area contributed by atoms with E-state index in [9.17, 15) is 4.79 Å². The Morgan fingerprint density at radius 3 is 2.69 bits per heavy atom. The third-order valence-corrected chi connectivity index (χ3v) is 5.21. The van der Waals surface area contributed by atoms with Crippen LogP contribution in [0.15, 0.2) is 59.1 Å². The van der Waals surface area contributed by atoms with Gasteiger partial charge in [0.25, 0.3) is 5.91 Å². The largest absolute Gasteiger partial charge is 0.361 e. The number of nitrogens with zero attached hydrogens (tertiary/aromatic N) is 2. The van der Waals surface area contributed by atoms with Gasteiger partial charge in [-0.15, -0.1) is 0 Å². The van der Waals surface area contributed by atoms with Crippen LogP contribution in [0.25, 0.3) is 22.2 Å². The predicted octanol–water partition coefficient (Wildman–Crippen LogP) is 5.14. The second kappa shape index (κ2) is 7.95. The number of aromatic nitrogens is 2. The number of benzene rings is 2. The Morgan fingerprint density at radius 1 is 1.10 bits per heavy atom. The first-order valence-corrected chi connectivity index (χ1v) is 9.88. The van der Waals surface area contributed by atoms with Crippen LogP contribution in [0.2, 0.25) is 0 Å². The molecule has 1 amide bonds. The summed E-state index contributed by atoms with van der Waals surface area (Å²) in [5.41, 5.74) is 5.88. The van der Waals surface area contributed by atoms with Crippen molar-refractivity contribution in [3.63, 3.8) is 0 Å². The van der Waals surface area contributed by atoms with Crippen LogP contribution in [0.4, 0.5) is 0 Å². The van der Waals surface area contributed by atoms with E-state index in [2.05, 4.69) is 36.1 Å². The van der Waals surface area contributed by atoms with E-state index < -0.39 is 0 Å². The van der Waals surface area contributed by atoms with Crippen LogP contribution in [0, 0.1) is 13.8 Å². The van der Waals surface area contributed by atoms with Gasteiger partial charge in [0.1, 0.15) is 17.1 Å². The Bertz CT molecular complexity index is 1140. The van der Waals surface area contributed by atoms with Crippen LogP contribution in [0.3, 0.4) is 0 Å². The molecule has 5 nitrogen and oxygen atoms in total. The Hall–Kier alpha value is -3.34. The molecule has 0 bridgehead atoms. The molecule has 0 aliphatic carbocycles. The third kappa shape index (κ3) is 4.09. The Morgan fingerprint density at radius 2 is 1.90 bits per heavy atom. The number of hydrogen-bond donors (Lipinski definition) is 1. The number of aromatic amines is 1. The van der Waals surface area contributed by atoms with Gasteiger partial charge in [-0.05, 0) is 43.5 Å². The first kappa shape index (κ1) is 19.0. The molecule has 5 heteroatoms. The molecule has 0 fully saturated rings. The van der Waals surface area contributed by atoms with Gasteiger partial charge in [0, 0.05) is 42.5 Å². The molecular formula is C24H25N3O2. The number of nitrogens with one attached hydrogen (secondary N) is 1. The van der Waals surface area contributed by atoms with Crippen molar-refractivity contribution in [2.75, 3.05) is 13.6 Å². The summed E-state index contributed by atoms with van der Waals surface area (Å²) in [5.74, 6) is 0.835. The zero-order valence-corrected chi connectivity index (χ0v) is 17.0. The van der Waals surface area contributed by atoms with Crippen LogP contribution in [0.1, 0.15) is 33.8 Å². The molecule has 0 radical (unpaired) electrons. The SMILES string of the molecule is Cc1cc(C)c2cc(C(=O)N(C)CCCc3cc(-c4ccccc4)no3)[nH]c2c1. The van der Waals surface area contributed by atoms with E-state index in [-0.39, 0.29) is 5.91 Å². The first-order valence-electron chi connectivity index (χ1n) is 9.88. The van der Waals surface area contributed by atoms with Gasteiger partial charge in [-0.3, -0.25) is 4.79 Å². The summed E-state index contributed by atoms with van der Waals surface area (Å²) < 4.78 is 5.45. The maximum absolute atomic E-state index is 12.8. The number of aryl methyl sites for hydroxylation is 3. The molecule has 2 aromatic carbocycles. The smallest absolute Gasteiger partial charge is 0.270 e. The lowest BCUT2D eigenvalue weighted by Gasteiger charge is -2.15. The summed E-state index contributed by atoms with van der Waals surface area (Å²) >= 11 is 0. The number of carbonyl (C=O) groups excluding carboxylic acids is 1. The van der Waals surface area contributed by atoms with E-state index >= 15 is 0 Å². The van der Waals surface area contributed by atoms with E-state index in [0.717, 1.165) is 40.8 Å². The molecule has 1 N–H and O–H groups in total. The molecule has 0 aliphatic heterocycles. The lowest BCUT2D eigenvalue weighted by molar-refractivity contribution is 0.0788. The van der Waals surface area contributed by atoms with Crippen molar-refractivity contribution in [3.05, 3.63) is 77.2 Å². The average Bonchev–Trinajstić information content (AvgIpc) is 3.35. The van der Waals surface area contributed by atoms with Gasteiger partial charge in [0.15, 0.2) is 0 Å². The zero-order valence-electron chi connectivity index (χ0n) is 17.0. The molecule has 29 heavy (non-hydrogen) atoms. The standard InChI is InChI=1S/C24H25N3O2/c1-16-12-17(2)20-15-23(25-22(20)13-16)24(28)27(3)11-7-10-19-14-21(26-29-19)18-8-5-4-6-9-18/h4-6,8-9,12-15,25H,7,10-11H2,1-3H3. The summed E-state index contributed by atoms with van der Waals surface area (Å²) in [4.78, 5) is 17.8. The molecule has 4 rings (SSSR count). The Balaban J connectivity index is 1.36. The number of carbonyl (C=O) groups is 1. The molecule has 2 aromatic heterocycles. The van der Waals surface area contributed by atoms with Crippen molar-refractivity contribution < 1.29 is 9.32 Å². The summed E-state index contributed by atoms with van der Waals surface area (Å²) in [6, 6.07) is 18.1. The van der Waals surface area contributed by atoms with Gasteiger partial charge < -0.3 is 14.4 Å². The second-order valence-corrected chi connectivity index (χ2v) is 7.60. The minimum Gasteiger partial charge on any atom is -0.361 e. The fourth-order valence-corrected chi connectivity index (χ4v) is 3.69. The molecule has 0 unspecified atom stereocenters. The van der Waals surface area contributed by atoms with Crippen LogP contribution < -0.4 is 0 Å². The molecule has 148 valence electrons. The number of amides is 1. The number of hydrogen-bond acceptors (Lipinski definition) is 3. The summed E-state index contributed by atoms with van der Waals surface area (Å²) in [5, 5.41) is 5.25. The predicted molar refractivity (Wildman–Crippen MR) is 115 cm³/mol. The van der Waals surface area contributed by atoms with Gasteiger partial charge >= 0.3 is 0 Å². The van der Waals surface area contributed by atoms with Gasteiger partial charge in [0.05, 0.1) is 0 Å². The highest BCUT2D eigenvalue weighted by atomic mass is 16.5. The Labute approximate surface area is 170 Å². The van der Waals surface area contributed by atoms with Crippen molar-refractivity contribution >= 4 is 16.8 Å². The van der Waals surface area contributed by atoms with E-state index in [1.807, 2.05) is 49.5 Å². The van der Waals surface area contributed by atoms with Crippen LogP contribution in [0.5, 0.6) is 0 Å². The summed E-state index contributed by atoms with van der Waals surface area (Å²) in [6.45, 7) is 4.78. The van der Waals surface area contributed by atoms with E-state index in [4.69, 9.17) is 4.52 Å². The third-order valence-electron chi connectivity index (χ3n) is 5.21. The highest BCUT2D eigenvalue weighted by molar-refractivity contribution is 5.98. The minimum atomic E-state index is 0.000738. The van der Waals surface area contributed by atoms with Crippen molar-refractivity contribution in [2.24, 2.45) is 0 Å². The second-order valence-electron chi connectivity index (χ2n) is 7.60. The van der Waals surface area contributed by atoms with Crippen molar-refractivity contribution in [2.45, 2.75) is 26.7 Å². The monoisotopic (exact) mass is 387 g/mol. The van der Waals surface area contributed by atoms with Gasteiger partial charge in [-0.1, -0.05) is 41.6 Å². The quantitative estimate of drug-likeness (QED) is 0.498. The molecular weight excluding hydrogens is 362 g/mol. The Kier molecular flexibility index (Phi) is 5.21. The summed E-state index contributed by atoms with van der Waals surface area (Å²) in [6.07, 6.45) is 1.55. The molecule has 0 aliphatic rings. The van der Waals surface area contributed by atoms with Crippen LogP contribution in [-0.2, 0) is 6.42 Å². The lowest BCUT2D eigenvalue weighted by Crippen LogP contribution is -2.28. The number of rotatable bonds is 6. The van der Waals surface area contributed by atoms with E-state index in [1.165, 1.54) is 11.1 Å². The summed E-state index contributed by atoms with van der Waals surface area (Å²) in [7, 11) is 1.84. The number of fused-ring (bicyclic) bond motifs is 1. The highest BCUT2D eigenvalue weighted by Crippen LogP contribution is 2.22. The molecule has 0 spiro atoms. The fraction of sp³-hybridized carbons (Fsp3) is 0.250. The van der Waals surface area contributed by atoms with Crippen molar-refractivity contribution in [3.8, 4) is 11.3 Å². The van der Waals surface area contributed by atoms with Gasteiger partial charge in [-0.25, -0.2) is 0 Å². The highest BCUT2D eigenvalue weighted by Gasteiger charge is 2.15. The van der Waals surface area contributed by atoms with Crippen molar-refractivity contribution in [1.29, 1.82) is 0 Å².